The van der Waals surface area contributed by atoms with Crippen LogP contribution in [-0.2, 0) is 0 Å². The molecule has 1 N–H and O–H groups in total. The molecule has 0 saturated heterocycles. The zero-order valence-electron chi connectivity index (χ0n) is 12.3. The van der Waals surface area contributed by atoms with Crippen LogP contribution >= 0.6 is 23.2 Å². The molecule has 21 heavy (non-hydrogen) atoms. The van der Waals surface area contributed by atoms with Crippen LogP contribution in [0.5, 0.6) is 0 Å². The first-order valence-electron chi connectivity index (χ1n) is 6.73. The van der Waals surface area contributed by atoms with Gasteiger partial charge in [-0.05, 0) is 56.2 Å². The number of benzene rings is 2. The Labute approximate surface area is 136 Å². The minimum Gasteiger partial charge on any atom is -0.452 e. The van der Waals surface area contributed by atoms with E-state index in [0.717, 1.165) is 22.5 Å². The molecule has 0 aromatic heterocycles. The van der Waals surface area contributed by atoms with Gasteiger partial charge in [-0.25, -0.2) is 0 Å². The highest BCUT2D eigenvalue weighted by atomic mass is 35.5. The average molecular weight is 321 g/mol. The first-order chi connectivity index (χ1) is 9.93. The highest BCUT2D eigenvalue weighted by molar-refractivity contribution is 6.32. The lowest BCUT2D eigenvalue weighted by molar-refractivity contribution is 0.583. The van der Waals surface area contributed by atoms with Gasteiger partial charge in [-0.2, -0.15) is 0 Å². The Balaban J connectivity index is 2.63. The quantitative estimate of drug-likeness (QED) is 0.825. The van der Waals surface area contributed by atoms with E-state index in [0.29, 0.717) is 10.0 Å². The molecule has 2 aromatic carbocycles. The lowest BCUT2D eigenvalue weighted by atomic mass is 9.87. The summed E-state index contributed by atoms with van der Waals surface area (Å²) >= 11 is 12.3. The van der Waals surface area contributed by atoms with Crippen LogP contribution < -0.4 is 4.90 Å². The van der Waals surface area contributed by atoms with Gasteiger partial charge < -0.3 is 9.92 Å². The summed E-state index contributed by atoms with van der Waals surface area (Å²) < 4.78 is 0. The molecule has 0 amide bonds. The van der Waals surface area contributed by atoms with Crippen LogP contribution in [0.4, 0.5) is 11.4 Å². The molecule has 0 fully saturated rings. The summed E-state index contributed by atoms with van der Waals surface area (Å²) in [5.41, 5.74) is 4.05. The van der Waals surface area contributed by atoms with Gasteiger partial charge in [0.15, 0.2) is 0 Å². The molecule has 0 aliphatic heterocycles. The topological polar surface area (TPSA) is 23.5 Å². The van der Waals surface area contributed by atoms with Crippen LogP contribution in [0, 0.1) is 13.8 Å². The Morgan fingerprint density at radius 2 is 1.38 bits per heavy atom. The van der Waals surface area contributed by atoms with E-state index in [1.807, 2.05) is 62.1 Å². The molecule has 0 bridgehead atoms. The maximum Gasteiger partial charge on any atom is 0.312 e. The Kier molecular flexibility index (Phi) is 5.20. The normalized spacial score (nSPS) is 12.1. The van der Waals surface area contributed by atoms with Crippen molar-refractivity contribution in [3.63, 3.8) is 0 Å². The van der Waals surface area contributed by atoms with E-state index in [1.54, 1.807) is 0 Å². The first-order valence-corrected chi connectivity index (χ1v) is 7.48. The fourth-order valence-corrected chi connectivity index (χ4v) is 2.65. The summed E-state index contributed by atoms with van der Waals surface area (Å²) in [5, 5.41) is 10.8. The molecule has 1 unspecified atom stereocenters. The molecule has 0 saturated carbocycles. The average Bonchev–Trinajstić information content (AvgIpc) is 2.46. The molecule has 2 nitrogen and oxygen atoms in total. The van der Waals surface area contributed by atoms with E-state index in [2.05, 4.69) is 0 Å². The second-order valence-electron chi connectivity index (χ2n) is 5.12. The molecule has 2 aromatic rings. The number of hydrogen-bond donors (Lipinski definition) is 1. The lowest BCUT2D eigenvalue weighted by Gasteiger charge is -2.33. The van der Waals surface area contributed by atoms with Crippen LogP contribution in [0.25, 0.3) is 0 Å². The van der Waals surface area contributed by atoms with E-state index in [4.69, 9.17) is 23.2 Å². The fourth-order valence-electron chi connectivity index (χ4n) is 2.32. The van der Waals surface area contributed by atoms with Gasteiger partial charge in [-0.1, -0.05) is 35.3 Å². The molecule has 1 radical (unpaired) electrons. The van der Waals surface area contributed by atoms with Crippen molar-refractivity contribution in [3.8, 4) is 0 Å². The highest BCUT2D eigenvalue weighted by Crippen LogP contribution is 2.35. The monoisotopic (exact) mass is 320 g/mol. The van der Waals surface area contributed by atoms with Crippen molar-refractivity contribution in [2.45, 2.75) is 26.7 Å². The Morgan fingerprint density at radius 3 is 1.76 bits per heavy atom. The fraction of sp³-hybridized carbons (Fsp3) is 0.250. The van der Waals surface area contributed by atoms with E-state index in [9.17, 15) is 5.02 Å². The first kappa shape index (κ1) is 16.2. The number of nitrogens with zero attached hydrogens (tertiary/aromatic N) is 1. The van der Waals surface area contributed by atoms with Crippen molar-refractivity contribution in [1.82, 2.24) is 0 Å². The minimum atomic E-state index is -0.209. The maximum atomic E-state index is 9.52. The van der Waals surface area contributed by atoms with Crippen molar-refractivity contribution in [3.05, 3.63) is 57.6 Å². The Bertz CT molecular complexity index is 597. The van der Waals surface area contributed by atoms with E-state index < -0.39 is 0 Å². The van der Waals surface area contributed by atoms with Gasteiger partial charge in [-0.15, -0.1) is 0 Å². The van der Waals surface area contributed by atoms with Crippen molar-refractivity contribution < 1.29 is 5.02 Å². The third-order valence-electron chi connectivity index (χ3n) is 3.48. The largest absolute Gasteiger partial charge is 0.452 e. The smallest absolute Gasteiger partial charge is 0.312 e. The van der Waals surface area contributed by atoms with Crippen molar-refractivity contribution in [2.24, 2.45) is 0 Å². The minimum absolute atomic E-state index is 0.209. The molecule has 1 atom stereocenters. The van der Waals surface area contributed by atoms with E-state index >= 15 is 0 Å². The van der Waals surface area contributed by atoms with Crippen molar-refractivity contribution in [2.75, 3.05) is 4.90 Å². The van der Waals surface area contributed by atoms with Crippen LogP contribution in [0.2, 0.25) is 10.0 Å². The highest BCUT2D eigenvalue weighted by Gasteiger charge is 2.21. The lowest BCUT2D eigenvalue weighted by Crippen LogP contribution is -2.34. The number of hydrogen-bond acceptors (Lipinski definition) is 2. The van der Waals surface area contributed by atoms with Gasteiger partial charge in [0.1, 0.15) is 0 Å². The van der Waals surface area contributed by atoms with Gasteiger partial charge in [0.05, 0.1) is 0 Å². The Hall–Kier alpha value is -1.16. The molecule has 109 valence electrons. The third-order valence-corrected chi connectivity index (χ3v) is 3.95. The number of aryl methyl sites for hydroxylation is 2. The van der Waals surface area contributed by atoms with Crippen molar-refractivity contribution >= 4 is 42.1 Å². The van der Waals surface area contributed by atoms with Crippen LogP contribution in [-0.4, -0.2) is 18.4 Å². The standard InChI is InChI=1S/C16H17BCl2NO/c1-10-4-6-13(18)8-15(10)20(12(3)17-21)16-9-14(19)7-5-11(16)2/h4-9,12,21H,1-3H3. The molecule has 2 rings (SSSR count). The summed E-state index contributed by atoms with van der Waals surface area (Å²) in [6.45, 7) is 5.95. The SMILES string of the molecule is Cc1ccc(Cl)cc1N(c1cc(Cl)ccc1C)C(C)[B]O. The summed E-state index contributed by atoms with van der Waals surface area (Å²) in [5.74, 6) is -0.209. The third kappa shape index (κ3) is 3.54. The zero-order valence-corrected chi connectivity index (χ0v) is 13.8. The van der Waals surface area contributed by atoms with Gasteiger partial charge in [-0.3, -0.25) is 0 Å². The zero-order chi connectivity index (χ0) is 15.6. The van der Waals surface area contributed by atoms with Gasteiger partial charge in [0.25, 0.3) is 0 Å². The van der Waals surface area contributed by atoms with Gasteiger partial charge >= 0.3 is 7.48 Å². The second kappa shape index (κ2) is 6.74. The molecule has 0 aliphatic carbocycles. The molecular weight excluding hydrogens is 304 g/mol. The molecule has 5 heteroatoms. The summed E-state index contributed by atoms with van der Waals surface area (Å²) in [4.78, 5) is 2.03. The van der Waals surface area contributed by atoms with Crippen LogP contribution in [0.1, 0.15) is 18.1 Å². The Morgan fingerprint density at radius 1 is 0.952 bits per heavy atom. The molecule has 0 spiro atoms. The number of halogens is 2. The predicted octanol–water partition coefficient (Wildman–Crippen LogP) is 4.71. The molecule has 0 aliphatic rings. The predicted molar refractivity (Wildman–Crippen MR) is 92.0 cm³/mol. The number of anilines is 2. The molecular formula is C16H17BCl2NO. The van der Waals surface area contributed by atoms with Crippen LogP contribution in [0.3, 0.4) is 0 Å². The van der Waals surface area contributed by atoms with Crippen molar-refractivity contribution in [1.29, 1.82) is 0 Å². The summed E-state index contributed by atoms with van der Waals surface area (Å²) in [7, 11) is 1.17. The van der Waals surface area contributed by atoms with Gasteiger partial charge in [0, 0.05) is 27.4 Å². The number of rotatable bonds is 4. The summed E-state index contributed by atoms with van der Waals surface area (Å²) in [6, 6.07) is 11.4. The van der Waals surface area contributed by atoms with Gasteiger partial charge in [0.2, 0.25) is 0 Å². The van der Waals surface area contributed by atoms with Crippen LogP contribution in [0.15, 0.2) is 36.4 Å². The van der Waals surface area contributed by atoms with E-state index in [1.165, 1.54) is 7.48 Å². The molecule has 0 heterocycles. The van der Waals surface area contributed by atoms with E-state index in [-0.39, 0.29) is 5.94 Å². The summed E-state index contributed by atoms with van der Waals surface area (Å²) in [6.07, 6.45) is 0. The maximum absolute atomic E-state index is 9.52. The second-order valence-corrected chi connectivity index (χ2v) is 5.99.